The minimum Gasteiger partial charge on any atom is -0.204 e. The van der Waals surface area contributed by atoms with Crippen LogP contribution in [-0.4, -0.2) is 0 Å². The summed E-state index contributed by atoms with van der Waals surface area (Å²) in [4.78, 5) is 0. The molecule has 15 heavy (non-hydrogen) atoms. The van der Waals surface area contributed by atoms with E-state index < -0.39 is 28.8 Å². The maximum absolute atomic E-state index is 13.2. The van der Waals surface area contributed by atoms with Gasteiger partial charge in [0.05, 0.1) is 0 Å². The second-order valence-corrected chi connectivity index (χ2v) is 3.66. The van der Waals surface area contributed by atoms with Crippen LogP contribution in [0.4, 0.5) is 17.6 Å². The number of rotatable bonds is 3. The average molecular weight is 220 g/mol. The molecule has 0 fully saturated rings. The van der Waals surface area contributed by atoms with Crippen molar-refractivity contribution in [3.05, 3.63) is 34.9 Å². The summed E-state index contributed by atoms with van der Waals surface area (Å²) in [5, 5.41) is 0. The van der Waals surface area contributed by atoms with Gasteiger partial charge >= 0.3 is 0 Å². The molecule has 0 aromatic heterocycles. The van der Waals surface area contributed by atoms with E-state index in [1.54, 1.807) is 6.92 Å². The molecule has 4 heteroatoms. The molecule has 1 aromatic rings. The van der Waals surface area contributed by atoms with Gasteiger partial charge in [0, 0.05) is 11.6 Å². The SMILES string of the molecule is CC[C@@H](C)Cc1c(F)c(F)cc(F)c1F. The lowest BCUT2D eigenvalue weighted by atomic mass is 9.98. The Balaban J connectivity index is 3.15. The zero-order valence-electron chi connectivity index (χ0n) is 8.58. The lowest BCUT2D eigenvalue weighted by Crippen LogP contribution is -2.07. The third-order valence-corrected chi connectivity index (χ3v) is 2.45. The molecule has 84 valence electrons. The predicted molar refractivity (Wildman–Crippen MR) is 49.4 cm³/mol. The van der Waals surface area contributed by atoms with Gasteiger partial charge in [-0.2, -0.15) is 0 Å². The molecule has 0 saturated heterocycles. The van der Waals surface area contributed by atoms with Crippen LogP contribution < -0.4 is 0 Å². The summed E-state index contributed by atoms with van der Waals surface area (Å²) in [6.07, 6.45) is 0.694. The smallest absolute Gasteiger partial charge is 0.165 e. The summed E-state index contributed by atoms with van der Waals surface area (Å²) in [5.74, 6) is -5.27. The van der Waals surface area contributed by atoms with Gasteiger partial charge in [0.2, 0.25) is 0 Å². The minimum atomic E-state index is -1.34. The summed E-state index contributed by atoms with van der Waals surface area (Å²) < 4.78 is 51.9. The Kier molecular flexibility index (Phi) is 3.72. The molecule has 0 heterocycles. The van der Waals surface area contributed by atoms with E-state index in [-0.39, 0.29) is 18.4 Å². The standard InChI is InChI=1S/C11H12F4/c1-3-6(2)4-7-10(14)8(12)5-9(13)11(7)15/h5-6H,3-4H2,1-2H3/t6-/m1/s1. The van der Waals surface area contributed by atoms with E-state index in [9.17, 15) is 17.6 Å². The fraction of sp³-hybridized carbons (Fsp3) is 0.455. The maximum Gasteiger partial charge on any atom is 0.165 e. The summed E-state index contributed by atoms with van der Waals surface area (Å²) in [5.41, 5.74) is -0.498. The Bertz CT molecular complexity index is 334. The highest BCUT2D eigenvalue weighted by Crippen LogP contribution is 2.22. The molecular weight excluding hydrogens is 208 g/mol. The Labute approximate surface area is 85.9 Å². The summed E-state index contributed by atoms with van der Waals surface area (Å²) in [6, 6.07) is 0.227. The van der Waals surface area contributed by atoms with Crippen molar-refractivity contribution in [1.82, 2.24) is 0 Å². The average Bonchev–Trinajstić information content (AvgIpc) is 2.21. The van der Waals surface area contributed by atoms with Crippen molar-refractivity contribution in [2.75, 3.05) is 0 Å². The highest BCUT2D eigenvalue weighted by atomic mass is 19.2. The monoisotopic (exact) mass is 220 g/mol. The fourth-order valence-electron chi connectivity index (χ4n) is 1.29. The molecule has 0 aliphatic heterocycles. The zero-order chi connectivity index (χ0) is 11.6. The van der Waals surface area contributed by atoms with Gasteiger partial charge in [-0.25, -0.2) is 17.6 Å². The van der Waals surface area contributed by atoms with Gasteiger partial charge in [0.15, 0.2) is 23.3 Å². The lowest BCUT2D eigenvalue weighted by molar-refractivity contribution is 0.423. The van der Waals surface area contributed by atoms with Gasteiger partial charge < -0.3 is 0 Å². The van der Waals surface area contributed by atoms with Gasteiger partial charge in [0.1, 0.15) is 0 Å². The Morgan fingerprint density at radius 1 is 1.07 bits per heavy atom. The molecule has 0 saturated carbocycles. The van der Waals surface area contributed by atoms with Crippen LogP contribution in [0.25, 0.3) is 0 Å². The summed E-state index contributed by atoms with van der Waals surface area (Å²) >= 11 is 0. The molecule has 0 amide bonds. The maximum atomic E-state index is 13.2. The Morgan fingerprint density at radius 2 is 1.53 bits per heavy atom. The Hall–Kier alpha value is -1.06. The number of hydrogen-bond acceptors (Lipinski definition) is 0. The first-order chi connectivity index (χ1) is 6.97. The molecule has 0 spiro atoms. The van der Waals surface area contributed by atoms with Gasteiger partial charge in [-0.05, 0) is 12.3 Å². The van der Waals surface area contributed by atoms with Crippen molar-refractivity contribution in [1.29, 1.82) is 0 Å². The van der Waals surface area contributed by atoms with E-state index >= 15 is 0 Å². The van der Waals surface area contributed by atoms with Gasteiger partial charge in [-0.3, -0.25) is 0 Å². The molecule has 0 N–H and O–H groups in total. The van der Waals surface area contributed by atoms with Crippen LogP contribution in [0, 0.1) is 29.2 Å². The van der Waals surface area contributed by atoms with Crippen LogP contribution in [0.1, 0.15) is 25.8 Å². The van der Waals surface area contributed by atoms with Crippen molar-refractivity contribution in [3.63, 3.8) is 0 Å². The minimum absolute atomic E-state index is 0.00282. The normalized spacial score (nSPS) is 12.9. The van der Waals surface area contributed by atoms with Crippen LogP contribution in [0.2, 0.25) is 0 Å². The van der Waals surface area contributed by atoms with E-state index in [2.05, 4.69) is 0 Å². The van der Waals surface area contributed by atoms with Crippen LogP contribution in [0.5, 0.6) is 0 Å². The topological polar surface area (TPSA) is 0 Å². The van der Waals surface area contributed by atoms with E-state index in [1.165, 1.54) is 0 Å². The van der Waals surface area contributed by atoms with Crippen molar-refractivity contribution < 1.29 is 17.6 Å². The van der Waals surface area contributed by atoms with Crippen molar-refractivity contribution >= 4 is 0 Å². The molecule has 0 nitrogen and oxygen atoms in total. The second kappa shape index (κ2) is 4.64. The molecule has 1 aromatic carbocycles. The number of hydrogen-bond donors (Lipinski definition) is 0. The first-order valence-electron chi connectivity index (χ1n) is 4.79. The zero-order valence-corrected chi connectivity index (χ0v) is 8.58. The Morgan fingerprint density at radius 3 is 1.93 bits per heavy atom. The van der Waals surface area contributed by atoms with Crippen LogP contribution in [0.3, 0.4) is 0 Å². The lowest BCUT2D eigenvalue weighted by Gasteiger charge is -2.11. The third-order valence-electron chi connectivity index (χ3n) is 2.45. The predicted octanol–water partition coefficient (Wildman–Crippen LogP) is 3.83. The van der Waals surface area contributed by atoms with Crippen molar-refractivity contribution in [3.8, 4) is 0 Å². The van der Waals surface area contributed by atoms with E-state index in [4.69, 9.17) is 0 Å². The molecule has 0 radical (unpaired) electrons. The molecular formula is C11H12F4. The van der Waals surface area contributed by atoms with E-state index in [0.29, 0.717) is 6.42 Å². The molecule has 0 aliphatic carbocycles. The van der Waals surface area contributed by atoms with E-state index in [0.717, 1.165) is 0 Å². The van der Waals surface area contributed by atoms with Crippen LogP contribution >= 0.6 is 0 Å². The van der Waals surface area contributed by atoms with Gasteiger partial charge in [-0.15, -0.1) is 0 Å². The van der Waals surface area contributed by atoms with Crippen LogP contribution in [-0.2, 0) is 6.42 Å². The van der Waals surface area contributed by atoms with Gasteiger partial charge in [0.25, 0.3) is 0 Å². The van der Waals surface area contributed by atoms with Gasteiger partial charge in [-0.1, -0.05) is 20.3 Å². The molecule has 0 aliphatic rings. The second-order valence-electron chi connectivity index (χ2n) is 3.66. The molecule has 1 atom stereocenters. The number of benzene rings is 1. The summed E-state index contributed by atoms with van der Waals surface area (Å²) in [7, 11) is 0. The fourth-order valence-corrected chi connectivity index (χ4v) is 1.29. The third kappa shape index (κ3) is 2.49. The molecule has 0 bridgehead atoms. The van der Waals surface area contributed by atoms with Crippen molar-refractivity contribution in [2.45, 2.75) is 26.7 Å². The quantitative estimate of drug-likeness (QED) is 0.536. The van der Waals surface area contributed by atoms with Crippen LogP contribution in [0.15, 0.2) is 6.07 Å². The molecule has 0 unspecified atom stereocenters. The number of halogens is 4. The largest absolute Gasteiger partial charge is 0.204 e. The van der Waals surface area contributed by atoms with Crippen molar-refractivity contribution in [2.24, 2.45) is 5.92 Å². The first-order valence-corrected chi connectivity index (χ1v) is 4.79. The first kappa shape index (κ1) is 12.0. The highest BCUT2D eigenvalue weighted by Gasteiger charge is 2.19. The summed E-state index contributed by atoms with van der Waals surface area (Å²) in [6.45, 7) is 3.61. The van der Waals surface area contributed by atoms with E-state index in [1.807, 2.05) is 6.92 Å². The highest BCUT2D eigenvalue weighted by molar-refractivity contribution is 5.23. The molecule has 1 rings (SSSR count).